The SMILES string of the molecule is Nc1ccnc(Nc2ccc(Cl)c(Br)c2)n1. The van der Waals surface area contributed by atoms with Gasteiger partial charge in [-0.25, -0.2) is 4.98 Å². The number of benzene rings is 1. The Hall–Kier alpha value is -1.33. The molecule has 0 atom stereocenters. The average molecular weight is 300 g/mol. The van der Waals surface area contributed by atoms with E-state index in [1.54, 1.807) is 18.3 Å². The zero-order valence-electron chi connectivity index (χ0n) is 8.11. The van der Waals surface area contributed by atoms with Crippen molar-refractivity contribution in [2.75, 3.05) is 11.1 Å². The zero-order chi connectivity index (χ0) is 11.5. The van der Waals surface area contributed by atoms with Gasteiger partial charge < -0.3 is 11.1 Å². The highest BCUT2D eigenvalue weighted by atomic mass is 79.9. The van der Waals surface area contributed by atoms with Gasteiger partial charge in [0.05, 0.1) is 5.02 Å². The van der Waals surface area contributed by atoms with E-state index >= 15 is 0 Å². The summed E-state index contributed by atoms with van der Waals surface area (Å²) in [5, 5.41) is 3.67. The summed E-state index contributed by atoms with van der Waals surface area (Å²) in [7, 11) is 0. The third-order valence-corrected chi connectivity index (χ3v) is 3.07. The van der Waals surface area contributed by atoms with Crippen LogP contribution in [0.4, 0.5) is 17.5 Å². The molecule has 0 spiro atoms. The molecule has 1 aromatic heterocycles. The molecule has 4 nitrogen and oxygen atoms in total. The van der Waals surface area contributed by atoms with Gasteiger partial charge in [0.15, 0.2) is 0 Å². The first kappa shape index (κ1) is 11.2. The summed E-state index contributed by atoms with van der Waals surface area (Å²) in [5.41, 5.74) is 6.38. The van der Waals surface area contributed by atoms with E-state index in [0.29, 0.717) is 16.8 Å². The Morgan fingerprint density at radius 1 is 1.31 bits per heavy atom. The van der Waals surface area contributed by atoms with E-state index in [4.69, 9.17) is 17.3 Å². The lowest BCUT2D eigenvalue weighted by Crippen LogP contribution is -1.99. The lowest BCUT2D eigenvalue weighted by Gasteiger charge is -2.05. The van der Waals surface area contributed by atoms with E-state index in [-0.39, 0.29) is 0 Å². The summed E-state index contributed by atoms with van der Waals surface area (Å²) in [4.78, 5) is 8.06. The minimum atomic E-state index is 0.422. The van der Waals surface area contributed by atoms with E-state index in [2.05, 4.69) is 31.2 Å². The molecular weight excluding hydrogens is 291 g/mol. The van der Waals surface area contributed by atoms with Gasteiger partial charge in [-0.05, 0) is 40.2 Å². The summed E-state index contributed by atoms with van der Waals surface area (Å²) in [6.45, 7) is 0. The molecule has 0 fully saturated rings. The van der Waals surface area contributed by atoms with Crippen LogP contribution in [0.25, 0.3) is 0 Å². The van der Waals surface area contributed by atoms with E-state index in [1.165, 1.54) is 0 Å². The Bertz CT molecular complexity index is 518. The standard InChI is InChI=1S/C10H8BrClN4/c11-7-5-6(1-2-8(7)12)15-10-14-4-3-9(13)16-10/h1-5H,(H3,13,14,15,16). The number of nitrogens with zero attached hydrogens (tertiary/aromatic N) is 2. The third kappa shape index (κ3) is 2.62. The predicted octanol–water partition coefficient (Wildman–Crippen LogP) is 3.22. The van der Waals surface area contributed by atoms with Gasteiger partial charge in [0, 0.05) is 16.4 Å². The summed E-state index contributed by atoms with van der Waals surface area (Å²) in [6, 6.07) is 7.08. The fraction of sp³-hybridized carbons (Fsp3) is 0. The number of nitrogens with one attached hydrogen (secondary N) is 1. The van der Waals surface area contributed by atoms with Gasteiger partial charge in [0.25, 0.3) is 0 Å². The molecule has 3 N–H and O–H groups in total. The number of halogens is 2. The Balaban J connectivity index is 2.24. The molecule has 1 aromatic carbocycles. The summed E-state index contributed by atoms with van der Waals surface area (Å²) >= 11 is 9.22. The molecule has 0 radical (unpaired) electrons. The fourth-order valence-corrected chi connectivity index (χ4v) is 1.63. The van der Waals surface area contributed by atoms with Crippen LogP contribution in [0.5, 0.6) is 0 Å². The topological polar surface area (TPSA) is 63.8 Å². The number of anilines is 3. The van der Waals surface area contributed by atoms with Gasteiger partial charge >= 0.3 is 0 Å². The normalized spacial score (nSPS) is 10.1. The number of aromatic nitrogens is 2. The van der Waals surface area contributed by atoms with Crippen molar-refractivity contribution in [3.05, 3.63) is 40.0 Å². The molecule has 82 valence electrons. The first-order chi connectivity index (χ1) is 7.65. The van der Waals surface area contributed by atoms with Crippen LogP contribution in [0.3, 0.4) is 0 Å². The van der Waals surface area contributed by atoms with Crippen molar-refractivity contribution in [1.82, 2.24) is 9.97 Å². The highest BCUT2D eigenvalue weighted by Crippen LogP contribution is 2.26. The smallest absolute Gasteiger partial charge is 0.229 e. The van der Waals surface area contributed by atoms with Crippen LogP contribution in [-0.2, 0) is 0 Å². The molecule has 0 aliphatic rings. The van der Waals surface area contributed by atoms with E-state index < -0.39 is 0 Å². The summed E-state index contributed by atoms with van der Waals surface area (Å²) < 4.78 is 0.808. The number of hydrogen-bond donors (Lipinski definition) is 2. The van der Waals surface area contributed by atoms with E-state index in [1.807, 2.05) is 12.1 Å². The Labute approximate surface area is 106 Å². The van der Waals surface area contributed by atoms with Crippen LogP contribution >= 0.6 is 27.5 Å². The fourth-order valence-electron chi connectivity index (χ4n) is 1.14. The maximum absolute atomic E-state index is 5.88. The van der Waals surface area contributed by atoms with Crippen LogP contribution in [0.1, 0.15) is 0 Å². The number of rotatable bonds is 2. The second-order valence-corrected chi connectivity index (χ2v) is 4.32. The highest BCUT2D eigenvalue weighted by molar-refractivity contribution is 9.10. The van der Waals surface area contributed by atoms with Crippen LogP contribution in [0.2, 0.25) is 5.02 Å². The number of nitrogens with two attached hydrogens (primary N) is 1. The first-order valence-corrected chi connectivity index (χ1v) is 5.63. The molecule has 0 saturated heterocycles. The van der Waals surface area contributed by atoms with Crippen LogP contribution in [0.15, 0.2) is 34.9 Å². The molecule has 6 heteroatoms. The van der Waals surface area contributed by atoms with Gasteiger partial charge in [-0.3, -0.25) is 0 Å². The molecular formula is C10H8BrClN4. The molecule has 0 aliphatic carbocycles. The van der Waals surface area contributed by atoms with Crippen molar-refractivity contribution < 1.29 is 0 Å². The minimum absolute atomic E-state index is 0.422. The maximum Gasteiger partial charge on any atom is 0.229 e. The van der Waals surface area contributed by atoms with Gasteiger partial charge in [-0.1, -0.05) is 11.6 Å². The van der Waals surface area contributed by atoms with Crippen molar-refractivity contribution >= 4 is 45.0 Å². The lowest BCUT2D eigenvalue weighted by atomic mass is 10.3. The zero-order valence-corrected chi connectivity index (χ0v) is 10.5. The molecule has 16 heavy (non-hydrogen) atoms. The number of nitrogen functional groups attached to an aromatic ring is 1. The van der Waals surface area contributed by atoms with Crippen LogP contribution < -0.4 is 11.1 Å². The van der Waals surface area contributed by atoms with E-state index in [9.17, 15) is 0 Å². The Kier molecular flexibility index (Phi) is 3.26. The first-order valence-electron chi connectivity index (χ1n) is 4.46. The molecule has 0 amide bonds. The number of hydrogen-bond acceptors (Lipinski definition) is 4. The second kappa shape index (κ2) is 4.67. The Morgan fingerprint density at radius 3 is 2.81 bits per heavy atom. The summed E-state index contributed by atoms with van der Waals surface area (Å²) in [6.07, 6.45) is 1.59. The highest BCUT2D eigenvalue weighted by Gasteiger charge is 2.01. The predicted molar refractivity (Wildman–Crippen MR) is 68.9 cm³/mol. The molecule has 0 unspecified atom stereocenters. The van der Waals surface area contributed by atoms with Crippen LogP contribution in [0, 0.1) is 0 Å². The minimum Gasteiger partial charge on any atom is -0.384 e. The third-order valence-electron chi connectivity index (χ3n) is 1.85. The molecule has 0 saturated carbocycles. The quantitative estimate of drug-likeness (QED) is 0.893. The van der Waals surface area contributed by atoms with Crippen molar-refractivity contribution in [3.63, 3.8) is 0 Å². The van der Waals surface area contributed by atoms with Gasteiger partial charge in [0.2, 0.25) is 5.95 Å². The molecule has 2 aromatic rings. The van der Waals surface area contributed by atoms with Crippen molar-refractivity contribution in [2.45, 2.75) is 0 Å². The monoisotopic (exact) mass is 298 g/mol. The van der Waals surface area contributed by atoms with Crippen molar-refractivity contribution in [2.24, 2.45) is 0 Å². The Morgan fingerprint density at radius 2 is 2.12 bits per heavy atom. The second-order valence-electron chi connectivity index (χ2n) is 3.06. The van der Waals surface area contributed by atoms with Gasteiger partial charge in [-0.15, -0.1) is 0 Å². The molecule has 1 heterocycles. The van der Waals surface area contributed by atoms with Gasteiger partial charge in [0.1, 0.15) is 5.82 Å². The van der Waals surface area contributed by atoms with E-state index in [0.717, 1.165) is 10.2 Å². The lowest BCUT2D eigenvalue weighted by molar-refractivity contribution is 1.17. The van der Waals surface area contributed by atoms with Crippen LogP contribution in [-0.4, -0.2) is 9.97 Å². The van der Waals surface area contributed by atoms with Crippen molar-refractivity contribution in [3.8, 4) is 0 Å². The average Bonchev–Trinajstić information content (AvgIpc) is 2.24. The van der Waals surface area contributed by atoms with Crippen molar-refractivity contribution in [1.29, 1.82) is 0 Å². The maximum atomic E-state index is 5.88. The largest absolute Gasteiger partial charge is 0.384 e. The molecule has 0 bridgehead atoms. The summed E-state index contributed by atoms with van der Waals surface area (Å²) in [5.74, 6) is 0.875. The molecule has 0 aliphatic heterocycles. The van der Waals surface area contributed by atoms with Gasteiger partial charge in [-0.2, -0.15) is 4.98 Å². The molecule has 2 rings (SSSR count).